The highest BCUT2D eigenvalue weighted by Crippen LogP contribution is 2.27. The molecule has 4 rings (SSSR count). The maximum absolute atomic E-state index is 12.6. The number of carbonyl (C=O) groups excluding carboxylic acids is 1. The van der Waals surface area contributed by atoms with Crippen molar-refractivity contribution in [3.05, 3.63) is 58.4 Å². The summed E-state index contributed by atoms with van der Waals surface area (Å²) in [5, 5.41) is 3.10. The van der Waals surface area contributed by atoms with Crippen molar-refractivity contribution in [2.45, 2.75) is 30.6 Å². The number of fused-ring (bicyclic) bond motifs is 1. The monoisotopic (exact) mass is 428 g/mol. The molecule has 1 N–H and O–H groups in total. The lowest BCUT2D eigenvalue weighted by molar-refractivity contribution is -0.130. The van der Waals surface area contributed by atoms with Gasteiger partial charge in [-0.1, -0.05) is 18.2 Å². The van der Waals surface area contributed by atoms with Crippen molar-refractivity contribution in [1.82, 2.24) is 9.88 Å². The lowest BCUT2D eigenvalue weighted by atomic mass is 10.0. The van der Waals surface area contributed by atoms with E-state index in [4.69, 9.17) is 0 Å². The number of aromatic amines is 1. The van der Waals surface area contributed by atoms with Gasteiger partial charge in [-0.05, 0) is 54.0 Å². The second-order valence-electron chi connectivity index (χ2n) is 7.44. The van der Waals surface area contributed by atoms with E-state index in [0.29, 0.717) is 17.9 Å². The lowest BCUT2D eigenvalue weighted by Gasteiger charge is -2.26. The predicted molar refractivity (Wildman–Crippen MR) is 118 cm³/mol. The van der Waals surface area contributed by atoms with Crippen LogP contribution in [0.25, 0.3) is 16.5 Å². The molecule has 5 nitrogen and oxygen atoms in total. The van der Waals surface area contributed by atoms with Crippen molar-refractivity contribution in [2.75, 3.05) is 19.3 Å². The fourth-order valence-corrected chi connectivity index (χ4v) is 5.22. The molecule has 0 fully saturated rings. The van der Waals surface area contributed by atoms with Crippen LogP contribution in [0.1, 0.15) is 29.7 Å². The summed E-state index contributed by atoms with van der Waals surface area (Å²) >= 11 is 1.75. The van der Waals surface area contributed by atoms with Gasteiger partial charge >= 0.3 is 0 Å². The minimum Gasteiger partial charge on any atom is -0.361 e. The van der Waals surface area contributed by atoms with Crippen LogP contribution in [0.15, 0.2) is 52.9 Å². The summed E-state index contributed by atoms with van der Waals surface area (Å²) in [5.41, 5.74) is 3.28. The highest BCUT2D eigenvalue weighted by Gasteiger charge is 2.18. The highest BCUT2D eigenvalue weighted by molar-refractivity contribution is 7.90. The third kappa shape index (κ3) is 4.46. The molecule has 29 heavy (non-hydrogen) atoms. The molecule has 0 aliphatic carbocycles. The van der Waals surface area contributed by atoms with E-state index in [1.54, 1.807) is 23.5 Å². The Kier molecular flexibility index (Phi) is 5.61. The second kappa shape index (κ2) is 8.16. The smallest absolute Gasteiger partial charge is 0.222 e. The number of hydrogen-bond donors (Lipinski definition) is 1. The van der Waals surface area contributed by atoms with Crippen molar-refractivity contribution >= 4 is 43.6 Å². The van der Waals surface area contributed by atoms with Crippen LogP contribution in [0, 0.1) is 0 Å². The number of thiophene rings is 1. The highest BCUT2D eigenvalue weighted by atomic mass is 32.2. The number of sulfone groups is 1. The first-order chi connectivity index (χ1) is 13.9. The van der Waals surface area contributed by atoms with Gasteiger partial charge in [-0.2, -0.15) is 0 Å². The molecule has 0 radical (unpaired) electrons. The molecule has 1 aliphatic heterocycles. The molecule has 152 valence electrons. The van der Waals surface area contributed by atoms with Gasteiger partial charge in [0, 0.05) is 47.7 Å². The van der Waals surface area contributed by atoms with E-state index in [1.165, 1.54) is 16.7 Å². The summed E-state index contributed by atoms with van der Waals surface area (Å²) in [5.74, 6) is 0.200. The van der Waals surface area contributed by atoms with Crippen LogP contribution in [0.2, 0.25) is 0 Å². The number of benzene rings is 1. The van der Waals surface area contributed by atoms with E-state index < -0.39 is 9.84 Å². The molecule has 3 heterocycles. The van der Waals surface area contributed by atoms with E-state index in [1.807, 2.05) is 17.2 Å². The minimum absolute atomic E-state index is 0.200. The molecule has 3 aromatic rings. The summed E-state index contributed by atoms with van der Waals surface area (Å²) in [4.78, 5) is 19.3. The number of aromatic nitrogens is 1. The van der Waals surface area contributed by atoms with Crippen molar-refractivity contribution in [1.29, 1.82) is 0 Å². The topological polar surface area (TPSA) is 70.2 Å². The Labute approximate surface area is 175 Å². The minimum atomic E-state index is -3.22. The summed E-state index contributed by atoms with van der Waals surface area (Å²) in [7, 11) is -3.22. The van der Waals surface area contributed by atoms with E-state index >= 15 is 0 Å². The molecule has 7 heteroatoms. The number of H-pyrrole nitrogens is 1. The van der Waals surface area contributed by atoms with Gasteiger partial charge in [-0.25, -0.2) is 8.42 Å². The van der Waals surface area contributed by atoms with Gasteiger partial charge in [0.25, 0.3) is 0 Å². The largest absolute Gasteiger partial charge is 0.361 e. The van der Waals surface area contributed by atoms with Crippen molar-refractivity contribution in [3.8, 4) is 0 Å². The van der Waals surface area contributed by atoms with Crippen LogP contribution in [0.5, 0.6) is 0 Å². The van der Waals surface area contributed by atoms with E-state index in [9.17, 15) is 13.2 Å². The molecule has 0 atom stereocenters. The zero-order chi connectivity index (χ0) is 20.4. The zero-order valence-corrected chi connectivity index (χ0v) is 18.0. The molecule has 1 amide bonds. The molecule has 0 saturated heterocycles. The number of nitrogens with zero attached hydrogens (tertiary/aromatic N) is 1. The van der Waals surface area contributed by atoms with Gasteiger partial charge in [-0.3, -0.25) is 4.79 Å². The first-order valence-corrected chi connectivity index (χ1v) is 12.5. The number of amides is 1. The number of hydrogen-bond acceptors (Lipinski definition) is 4. The number of carbonyl (C=O) groups is 1. The molecule has 0 unspecified atom stereocenters. The van der Waals surface area contributed by atoms with E-state index in [-0.39, 0.29) is 5.91 Å². The van der Waals surface area contributed by atoms with Gasteiger partial charge in [-0.15, -0.1) is 11.3 Å². The maximum atomic E-state index is 12.6. The molecule has 0 spiro atoms. The Balaban J connectivity index is 1.33. The van der Waals surface area contributed by atoms with E-state index in [0.717, 1.165) is 42.3 Å². The fourth-order valence-electron chi connectivity index (χ4n) is 3.77. The number of aryl methyl sites for hydroxylation is 1. The van der Waals surface area contributed by atoms with Gasteiger partial charge in [0.15, 0.2) is 9.84 Å². The average Bonchev–Trinajstić information content (AvgIpc) is 3.37. The molecular weight excluding hydrogens is 404 g/mol. The van der Waals surface area contributed by atoms with Gasteiger partial charge in [0.05, 0.1) is 4.90 Å². The standard InChI is InChI=1S/C22H24N2O3S2/c1-29(26,27)18-7-8-19-17(15-23-20(19)14-18)4-2-6-22(25)24-11-9-16(10-12-24)21-5-3-13-28-21/h3,5,7-9,13-15,23H,2,4,6,10-12H2,1H3. The Hall–Kier alpha value is -2.38. The molecule has 0 saturated carbocycles. The fraction of sp³-hybridized carbons (Fsp3) is 0.318. The van der Waals surface area contributed by atoms with Gasteiger partial charge in [0.2, 0.25) is 5.91 Å². The third-order valence-electron chi connectivity index (χ3n) is 5.40. The van der Waals surface area contributed by atoms with Crippen LogP contribution in [-0.2, 0) is 21.1 Å². The summed E-state index contributed by atoms with van der Waals surface area (Å²) in [6, 6.07) is 9.36. The Morgan fingerprint density at radius 2 is 2.14 bits per heavy atom. The normalized spacial score (nSPS) is 14.9. The van der Waals surface area contributed by atoms with Crippen molar-refractivity contribution < 1.29 is 13.2 Å². The van der Waals surface area contributed by atoms with Gasteiger partial charge < -0.3 is 9.88 Å². The molecule has 2 aromatic heterocycles. The van der Waals surface area contributed by atoms with Crippen LogP contribution < -0.4 is 0 Å². The first-order valence-electron chi connectivity index (χ1n) is 9.72. The zero-order valence-electron chi connectivity index (χ0n) is 16.3. The molecule has 0 bridgehead atoms. The third-order valence-corrected chi connectivity index (χ3v) is 7.46. The lowest BCUT2D eigenvalue weighted by Crippen LogP contribution is -2.34. The van der Waals surface area contributed by atoms with Crippen LogP contribution in [0.3, 0.4) is 0 Å². The van der Waals surface area contributed by atoms with Crippen molar-refractivity contribution in [3.63, 3.8) is 0 Å². The molecule has 1 aromatic carbocycles. The van der Waals surface area contributed by atoms with E-state index in [2.05, 4.69) is 28.6 Å². The average molecular weight is 429 g/mol. The Morgan fingerprint density at radius 3 is 2.83 bits per heavy atom. The quantitative estimate of drug-likeness (QED) is 0.637. The number of rotatable bonds is 6. The first kappa shape index (κ1) is 19.9. The van der Waals surface area contributed by atoms with Gasteiger partial charge in [0.1, 0.15) is 0 Å². The van der Waals surface area contributed by atoms with Crippen LogP contribution >= 0.6 is 11.3 Å². The summed E-state index contributed by atoms with van der Waals surface area (Å²) in [6.45, 7) is 1.47. The Bertz CT molecular complexity index is 1160. The van der Waals surface area contributed by atoms with Crippen LogP contribution in [-0.4, -0.2) is 43.6 Å². The molecular formula is C22H24N2O3S2. The summed E-state index contributed by atoms with van der Waals surface area (Å²) in [6.07, 6.45) is 8.30. The van der Waals surface area contributed by atoms with Crippen molar-refractivity contribution in [2.24, 2.45) is 0 Å². The SMILES string of the molecule is CS(=O)(=O)c1ccc2c(CCCC(=O)N3CC=C(c4cccs4)CC3)c[nH]c2c1. The number of nitrogens with one attached hydrogen (secondary N) is 1. The Morgan fingerprint density at radius 1 is 1.28 bits per heavy atom. The second-order valence-corrected chi connectivity index (χ2v) is 10.4. The maximum Gasteiger partial charge on any atom is 0.222 e. The van der Waals surface area contributed by atoms with Crippen LogP contribution in [0.4, 0.5) is 0 Å². The predicted octanol–water partition coefficient (Wildman–Crippen LogP) is 4.27. The molecule has 1 aliphatic rings. The summed E-state index contributed by atoms with van der Waals surface area (Å²) < 4.78 is 23.4.